The van der Waals surface area contributed by atoms with Crippen LogP contribution in [0.4, 0.5) is 0 Å². The molecule has 0 aliphatic heterocycles. The lowest BCUT2D eigenvalue weighted by molar-refractivity contribution is 0.394. The molecular formula is C17H14ClNO2. The maximum atomic E-state index is 9.36. The first-order valence-corrected chi connectivity index (χ1v) is 6.66. The Morgan fingerprint density at radius 2 is 1.76 bits per heavy atom. The lowest BCUT2D eigenvalue weighted by Gasteiger charge is -2.10. The Morgan fingerprint density at radius 1 is 1.10 bits per heavy atom. The second-order valence-corrected chi connectivity index (χ2v) is 4.67. The topological polar surface area (TPSA) is 42.2 Å². The van der Waals surface area contributed by atoms with Crippen molar-refractivity contribution >= 4 is 23.3 Å². The normalized spacial score (nSPS) is 10.9. The molecular weight excluding hydrogens is 286 g/mol. The highest BCUT2D eigenvalue weighted by molar-refractivity contribution is 6.32. The van der Waals surface area contributed by atoms with E-state index in [-0.39, 0.29) is 0 Å². The maximum Gasteiger partial charge on any atom is 0.141 e. The van der Waals surface area contributed by atoms with Crippen molar-refractivity contribution in [3.8, 4) is 17.6 Å². The molecule has 3 nitrogen and oxygen atoms in total. The van der Waals surface area contributed by atoms with E-state index in [9.17, 15) is 5.26 Å². The Balaban J connectivity index is 2.53. The number of halogens is 1. The Bertz CT molecular complexity index is 703. The quantitative estimate of drug-likeness (QED) is 0.620. The van der Waals surface area contributed by atoms with Gasteiger partial charge in [0.05, 0.1) is 30.9 Å². The second kappa shape index (κ2) is 6.83. The highest BCUT2D eigenvalue weighted by Crippen LogP contribution is 2.34. The van der Waals surface area contributed by atoms with E-state index in [1.807, 2.05) is 30.3 Å². The lowest BCUT2D eigenvalue weighted by atomic mass is 10.0. The van der Waals surface area contributed by atoms with Crippen molar-refractivity contribution in [1.29, 1.82) is 5.26 Å². The number of hydrogen-bond acceptors (Lipinski definition) is 3. The predicted octanol–water partition coefficient (Wildman–Crippen LogP) is 4.42. The summed E-state index contributed by atoms with van der Waals surface area (Å²) in [6, 6.07) is 15.1. The molecule has 0 saturated carbocycles. The summed E-state index contributed by atoms with van der Waals surface area (Å²) in [6.45, 7) is 0. The molecule has 0 spiro atoms. The largest absolute Gasteiger partial charge is 0.496 e. The van der Waals surface area contributed by atoms with Crippen LogP contribution >= 0.6 is 11.6 Å². The van der Waals surface area contributed by atoms with E-state index in [0.29, 0.717) is 22.1 Å². The molecule has 2 rings (SSSR count). The summed E-state index contributed by atoms with van der Waals surface area (Å²) in [7, 11) is 3.11. The molecule has 0 N–H and O–H groups in total. The fraction of sp³-hybridized carbons (Fsp3) is 0.118. The Morgan fingerprint density at radius 3 is 2.33 bits per heavy atom. The van der Waals surface area contributed by atoms with Crippen LogP contribution < -0.4 is 9.47 Å². The molecule has 2 aromatic rings. The summed E-state index contributed by atoms with van der Waals surface area (Å²) in [5.41, 5.74) is 2.10. The Kier molecular flexibility index (Phi) is 4.86. The maximum absolute atomic E-state index is 9.36. The molecule has 0 amide bonds. The van der Waals surface area contributed by atoms with Gasteiger partial charge in [0.1, 0.15) is 11.5 Å². The van der Waals surface area contributed by atoms with E-state index < -0.39 is 0 Å². The van der Waals surface area contributed by atoms with E-state index in [2.05, 4.69) is 6.07 Å². The van der Waals surface area contributed by atoms with Crippen LogP contribution in [0.25, 0.3) is 11.6 Å². The molecule has 0 bridgehead atoms. The first-order valence-electron chi connectivity index (χ1n) is 6.28. The molecule has 21 heavy (non-hydrogen) atoms. The zero-order valence-corrected chi connectivity index (χ0v) is 12.5. The number of allylic oxidation sites excluding steroid dienone is 1. The summed E-state index contributed by atoms with van der Waals surface area (Å²) in [5.74, 6) is 1.13. The molecule has 2 aromatic carbocycles. The number of hydrogen-bond donors (Lipinski definition) is 0. The lowest BCUT2D eigenvalue weighted by Crippen LogP contribution is -1.92. The number of methoxy groups -OCH3 is 2. The van der Waals surface area contributed by atoms with E-state index >= 15 is 0 Å². The van der Waals surface area contributed by atoms with Crippen LogP contribution in [0.15, 0.2) is 42.5 Å². The van der Waals surface area contributed by atoms with Crippen LogP contribution in [-0.4, -0.2) is 14.2 Å². The van der Waals surface area contributed by atoms with Crippen molar-refractivity contribution in [3.05, 3.63) is 58.6 Å². The van der Waals surface area contributed by atoms with Gasteiger partial charge < -0.3 is 9.47 Å². The fourth-order valence-corrected chi connectivity index (χ4v) is 2.20. The van der Waals surface area contributed by atoms with Crippen LogP contribution in [0.3, 0.4) is 0 Å². The van der Waals surface area contributed by atoms with Gasteiger partial charge in [-0.1, -0.05) is 41.9 Å². The molecule has 4 heteroatoms. The van der Waals surface area contributed by atoms with E-state index in [1.165, 1.54) is 0 Å². The third kappa shape index (κ3) is 3.36. The first kappa shape index (κ1) is 15.0. The van der Waals surface area contributed by atoms with Gasteiger partial charge in [-0.15, -0.1) is 0 Å². The number of nitrogens with zero attached hydrogens (tertiary/aromatic N) is 1. The van der Waals surface area contributed by atoms with E-state index in [1.54, 1.807) is 32.4 Å². The zero-order valence-electron chi connectivity index (χ0n) is 11.8. The summed E-state index contributed by atoms with van der Waals surface area (Å²) >= 11 is 6.14. The summed E-state index contributed by atoms with van der Waals surface area (Å²) in [4.78, 5) is 0. The molecule has 0 saturated heterocycles. The van der Waals surface area contributed by atoms with Crippen molar-refractivity contribution in [3.63, 3.8) is 0 Å². The number of nitriles is 1. The minimum absolute atomic E-state index is 0.468. The number of ether oxygens (including phenoxy) is 2. The summed E-state index contributed by atoms with van der Waals surface area (Å²) in [6.07, 6.45) is 1.75. The van der Waals surface area contributed by atoms with Crippen molar-refractivity contribution < 1.29 is 9.47 Å². The molecule has 0 fully saturated rings. The Hall–Kier alpha value is -2.44. The molecule has 0 aliphatic carbocycles. The zero-order chi connectivity index (χ0) is 15.2. The number of rotatable bonds is 4. The summed E-state index contributed by atoms with van der Waals surface area (Å²) < 4.78 is 10.5. The predicted molar refractivity (Wildman–Crippen MR) is 84.5 cm³/mol. The van der Waals surface area contributed by atoms with Crippen molar-refractivity contribution in [2.45, 2.75) is 0 Å². The van der Waals surface area contributed by atoms with Gasteiger partial charge in [-0.05, 0) is 17.7 Å². The fourth-order valence-electron chi connectivity index (χ4n) is 1.95. The highest BCUT2D eigenvalue weighted by Gasteiger charge is 2.10. The Labute approximate surface area is 129 Å². The SMILES string of the molecule is COc1cc(OC)c(/C=C(/C#N)c2ccccc2)cc1Cl. The molecule has 0 unspecified atom stereocenters. The van der Waals surface area contributed by atoms with Crippen LogP contribution in [-0.2, 0) is 0 Å². The monoisotopic (exact) mass is 299 g/mol. The molecule has 0 radical (unpaired) electrons. The first-order chi connectivity index (χ1) is 10.2. The third-order valence-electron chi connectivity index (χ3n) is 3.01. The van der Waals surface area contributed by atoms with Gasteiger partial charge in [-0.3, -0.25) is 0 Å². The van der Waals surface area contributed by atoms with Gasteiger partial charge >= 0.3 is 0 Å². The highest BCUT2D eigenvalue weighted by atomic mass is 35.5. The van der Waals surface area contributed by atoms with Crippen LogP contribution in [0.1, 0.15) is 11.1 Å². The molecule has 0 heterocycles. The van der Waals surface area contributed by atoms with Crippen molar-refractivity contribution in [1.82, 2.24) is 0 Å². The molecule has 0 aliphatic rings. The molecule has 106 valence electrons. The van der Waals surface area contributed by atoms with Gasteiger partial charge in [-0.2, -0.15) is 5.26 Å². The van der Waals surface area contributed by atoms with Crippen LogP contribution in [0.5, 0.6) is 11.5 Å². The average Bonchev–Trinajstić information content (AvgIpc) is 2.53. The smallest absolute Gasteiger partial charge is 0.141 e. The number of benzene rings is 2. The third-order valence-corrected chi connectivity index (χ3v) is 3.30. The van der Waals surface area contributed by atoms with Crippen molar-refractivity contribution in [2.75, 3.05) is 14.2 Å². The minimum Gasteiger partial charge on any atom is -0.496 e. The van der Waals surface area contributed by atoms with Crippen molar-refractivity contribution in [2.24, 2.45) is 0 Å². The van der Waals surface area contributed by atoms with E-state index in [4.69, 9.17) is 21.1 Å². The van der Waals surface area contributed by atoms with Gasteiger partial charge in [0, 0.05) is 11.6 Å². The minimum atomic E-state index is 0.468. The standard InChI is InChI=1S/C17H14ClNO2/c1-20-16-10-17(21-2)15(18)9-13(16)8-14(11-19)12-6-4-3-5-7-12/h3-10H,1-2H3/b14-8-. The van der Waals surface area contributed by atoms with Gasteiger partial charge in [0.25, 0.3) is 0 Å². The van der Waals surface area contributed by atoms with Crippen LogP contribution in [0, 0.1) is 11.3 Å². The van der Waals surface area contributed by atoms with E-state index in [0.717, 1.165) is 11.1 Å². The average molecular weight is 300 g/mol. The van der Waals surface area contributed by atoms with Gasteiger partial charge in [0.2, 0.25) is 0 Å². The van der Waals surface area contributed by atoms with Crippen LogP contribution in [0.2, 0.25) is 5.02 Å². The summed E-state index contributed by atoms with van der Waals surface area (Å²) in [5, 5.41) is 9.83. The van der Waals surface area contributed by atoms with Gasteiger partial charge in [-0.25, -0.2) is 0 Å². The molecule has 0 aromatic heterocycles. The van der Waals surface area contributed by atoms with Gasteiger partial charge in [0.15, 0.2) is 0 Å². The second-order valence-electron chi connectivity index (χ2n) is 4.26. The molecule has 0 atom stereocenters.